The van der Waals surface area contributed by atoms with Crippen molar-refractivity contribution in [1.29, 1.82) is 0 Å². The van der Waals surface area contributed by atoms with Crippen molar-refractivity contribution >= 4 is 33.1 Å². The molecule has 0 fully saturated rings. The van der Waals surface area contributed by atoms with Crippen molar-refractivity contribution in [3.63, 3.8) is 0 Å². The number of nitrogens with zero attached hydrogens (tertiary/aromatic N) is 2. The van der Waals surface area contributed by atoms with Crippen molar-refractivity contribution in [2.45, 2.75) is 20.1 Å². The highest BCUT2D eigenvalue weighted by molar-refractivity contribution is 7.20. The number of alkyl halides is 2. The second kappa shape index (κ2) is 8.19. The van der Waals surface area contributed by atoms with E-state index in [1.807, 2.05) is 6.92 Å². The number of hydrogen-bond donors (Lipinski definition) is 1. The number of aryl methyl sites for hydroxylation is 1. The molecule has 1 N–H and O–H groups in total. The number of fused-ring (bicyclic) bond motifs is 1. The lowest BCUT2D eigenvalue weighted by molar-refractivity contribution is -0.0498. The number of anilines is 1. The van der Waals surface area contributed by atoms with Gasteiger partial charge in [-0.1, -0.05) is 12.1 Å². The molecule has 2 aromatic heterocycles. The summed E-state index contributed by atoms with van der Waals surface area (Å²) >= 11 is 1.30. The molecular weight excluding hydrogens is 415 g/mol. The Morgan fingerprint density at radius 1 is 1.17 bits per heavy atom. The van der Waals surface area contributed by atoms with Crippen LogP contribution in [0.1, 0.15) is 20.9 Å². The van der Waals surface area contributed by atoms with Gasteiger partial charge in [0.05, 0.1) is 17.1 Å². The van der Waals surface area contributed by atoms with Crippen molar-refractivity contribution in [3.8, 4) is 5.75 Å². The van der Waals surface area contributed by atoms with Gasteiger partial charge in [0.2, 0.25) is 0 Å². The van der Waals surface area contributed by atoms with E-state index in [0.717, 1.165) is 21.5 Å². The second-order valence-corrected chi connectivity index (χ2v) is 7.59. The SMILES string of the molecule is Cc1nn(Cc2ccc(F)cc2)c2sc(C(=O)Nc3ccc(OC(F)F)cc3)cc12. The van der Waals surface area contributed by atoms with Crippen LogP contribution in [-0.2, 0) is 6.54 Å². The van der Waals surface area contributed by atoms with Gasteiger partial charge in [0.1, 0.15) is 16.4 Å². The van der Waals surface area contributed by atoms with E-state index in [-0.39, 0.29) is 17.5 Å². The molecule has 9 heteroatoms. The molecule has 0 aliphatic rings. The van der Waals surface area contributed by atoms with Crippen LogP contribution < -0.4 is 10.1 Å². The highest BCUT2D eigenvalue weighted by Gasteiger charge is 2.17. The highest BCUT2D eigenvalue weighted by atomic mass is 32.1. The molecule has 0 bridgehead atoms. The Balaban J connectivity index is 1.53. The maximum absolute atomic E-state index is 13.1. The molecule has 0 aliphatic heterocycles. The Morgan fingerprint density at radius 3 is 2.53 bits per heavy atom. The summed E-state index contributed by atoms with van der Waals surface area (Å²) in [5.41, 5.74) is 2.14. The van der Waals surface area contributed by atoms with Crippen molar-refractivity contribution in [2.24, 2.45) is 0 Å². The van der Waals surface area contributed by atoms with Gasteiger partial charge in [-0.2, -0.15) is 13.9 Å². The summed E-state index contributed by atoms with van der Waals surface area (Å²) < 4.78 is 43.7. The summed E-state index contributed by atoms with van der Waals surface area (Å²) in [6.07, 6.45) is 0. The van der Waals surface area contributed by atoms with E-state index in [0.29, 0.717) is 17.1 Å². The maximum Gasteiger partial charge on any atom is 0.387 e. The Hall–Kier alpha value is -3.33. The Morgan fingerprint density at radius 2 is 1.87 bits per heavy atom. The number of aromatic nitrogens is 2. The molecule has 0 saturated carbocycles. The molecule has 0 unspecified atom stereocenters. The predicted octanol–water partition coefficient (Wildman–Crippen LogP) is 5.45. The van der Waals surface area contributed by atoms with Gasteiger partial charge in [0.15, 0.2) is 0 Å². The number of carbonyl (C=O) groups excluding carboxylic acids is 1. The van der Waals surface area contributed by atoms with Crippen LogP contribution in [0.4, 0.5) is 18.9 Å². The van der Waals surface area contributed by atoms with Crippen LogP contribution in [0.3, 0.4) is 0 Å². The van der Waals surface area contributed by atoms with Crippen LogP contribution in [0, 0.1) is 12.7 Å². The van der Waals surface area contributed by atoms with Crippen molar-refractivity contribution < 1.29 is 22.7 Å². The number of hydrogen-bond acceptors (Lipinski definition) is 4. The first kappa shape index (κ1) is 20.0. The molecule has 2 heterocycles. The number of rotatable bonds is 6. The van der Waals surface area contributed by atoms with E-state index in [1.54, 1.807) is 22.9 Å². The van der Waals surface area contributed by atoms with Crippen LogP contribution in [0.2, 0.25) is 0 Å². The van der Waals surface area contributed by atoms with E-state index in [9.17, 15) is 18.0 Å². The standard InChI is InChI=1S/C21H16F3N3O2S/c1-12-17-10-18(19(28)25-15-6-8-16(9-7-15)29-21(23)24)30-20(17)27(26-12)11-13-2-4-14(22)5-3-13/h2-10,21H,11H2,1H3,(H,25,28). The molecule has 2 aromatic carbocycles. The summed E-state index contributed by atoms with van der Waals surface area (Å²) in [6.45, 7) is -0.584. The fourth-order valence-corrected chi connectivity index (χ4v) is 4.06. The van der Waals surface area contributed by atoms with Crippen molar-refractivity contribution in [1.82, 2.24) is 9.78 Å². The molecule has 154 valence electrons. The van der Waals surface area contributed by atoms with Crippen LogP contribution in [0.25, 0.3) is 10.2 Å². The van der Waals surface area contributed by atoms with Crippen LogP contribution in [0.5, 0.6) is 5.75 Å². The zero-order valence-corrected chi connectivity index (χ0v) is 16.6. The first-order valence-electron chi connectivity index (χ1n) is 8.96. The Labute approximate surface area is 173 Å². The number of ether oxygens (including phenoxy) is 1. The van der Waals surface area contributed by atoms with Gasteiger partial charge in [-0.25, -0.2) is 4.39 Å². The predicted molar refractivity (Wildman–Crippen MR) is 109 cm³/mol. The van der Waals surface area contributed by atoms with Gasteiger partial charge in [-0.05, 0) is 55.0 Å². The molecule has 4 aromatic rings. The lowest BCUT2D eigenvalue weighted by Gasteiger charge is -2.07. The summed E-state index contributed by atoms with van der Waals surface area (Å²) in [6, 6.07) is 13.7. The number of amides is 1. The molecule has 1 amide bonds. The molecule has 0 saturated heterocycles. The van der Waals surface area contributed by atoms with E-state index in [2.05, 4.69) is 15.2 Å². The minimum atomic E-state index is -2.90. The molecule has 0 aliphatic carbocycles. The van der Waals surface area contributed by atoms with Gasteiger partial charge in [-0.3, -0.25) is 9.48 Å². The summed E-state index contributed by atoms with van der Waals surface area (Å²) in [5.74, 6) is -0.600. The third-order valence-electron chi connectivity index (χ3n) is 4.41. The molecule has 0 spiro atoms. The summed E-state index contributed by atoms with van der Waals surface area (Å²) in [7, 11) is 0. The minimum Gasteiger partial charge on any atom is -0.435 e. The lowest BCUT2D eigenvalue weighted by atomic mass is 10.2. The quantitative estimate of drug-likeness (QED) is 0.442. The third kappa shape index (κ3) is 4.30. The number of carbonyl (C=O) groups is 1. The fraction of sp³-hybridized carbons (Fsp3) is 0.143. The monoisotopic (exact) mass is 431 g/mol. The molecule has 0 atom stereocenters. The molecular formula is C21H16F3N3O2S. The van der Waals surface area contributed by atoms with E-state index < -0.39 is 6.61 Å². The normalized spacial score (nSPS) is 11.2. The molecule has 4 rings (SSSR count). The van der Waals surface area contributed by atoms with Gasteiger partial charge >= 0.3 is 6.61 Å². The molecule has 0 radical (unpaired) electrons. The molecule has 30 heavy (non-hydrogen) atoms. The largest absolute Gasteiger partial charge is 0.435 e. The number of benzene rings is 2. The van der Waals surface area contributed by atoms with Gasteiger partial charge in [0, 0.05) is 11.1 Å². The second-order valence-electron chi connectivity index (χ2n) is 6.56. The van der Waals surface area contributed by atoms with E-state index >= 15 is 0 Å². The third-order valence-corrected chi connectivity index (χ3v) is 5.56. The first-order chi connectivity index (χ1) is 14.4. The maximum atomic E-state index is 13.1. The summed E-state index contributed by atoms with van der Waals surface area (Å²) in [4.78, 5) is 14.0. The highest BCUT2D eigenvalue weighted by Crippen LogP contribution is 2.29. The van der Waals surface area contributed by atoms with Gasteiger partial charge in [-0.15, -0.1) is 11.3 Å². The number of thiophene rings is 1. The number of nitrogens with one attached hydrogen (secondary N) is 1. The van der Waals surface area contributed by atoms with Gasteiger partial charge < -0.3 is 10.1 Å². The van der Waals surface area contributed by atoms with E-state index in [4.69, 9.17) is 0 Å². The minimum absolute atomic E-state index is 0.0152. The average molecular weight is 431 g/mol. The smallest absolute Gasteiger partial charge is 0.387 e. The summed E-state index contributed by atoms with van der Waals surface area (Å²) in [5, 5.41) is 8.12. The Kier molecular flexibility index (Phi) is 5.45. The average Bonchev–Trinajstić information content (AvgIpc) is 3.26. The zero-order chi connectivity index (χ0) is 21.3. The van der Waals surface area contributed by atoms with Crippen molar-refractivity contribution in [3.05, 3.63) is 76.5 Å². The van der Waals surface area contributed by atoms with Crippen molar-refractivity contribution in [2.75, 3.05) is 5.32 Å². The van der Waals surface area contributed by atoms with E-state index in [1.165, 1.54) is 47.7 Å². The topological polar surface area (TPSA) is 56.2 Å². The number of halogens is 3. The molecule has 5 nitrogen and oxygen atoms in total. The fourth-order valence-electron chi connectivity index (χ4n) is 3.01. The Bertz CT molecular complexity index is 1180. The van der Waals surface area contributed by atoms with Crippen LogP contribution >= 0.6 is 11.3 Å². The van der Waals surface area contributed by atoms with Crippen LogP contribution in [0.15, 0.2) is 54.6 Å². The first-order valence-corrected chi connectivity index (χ1v) is 9.78. The lowest BCUT2D eigenvalue weighted by Crippen LogP contribution is -2.10. The van der Waals surface area contributed by atoms with Crippen LogP contribution in [-0.4, -0.2) is 22.3 Å². The van der Waals surface area contributed by atoms with Gasteiger partial charge in [0.25, 0.3) is 5.91 Å². The zero-order valence-electron chi connectivity index (χ0n) is 15.7.